The molecule has 0 spiro atoms. The Balaban J connectivity index is 1.75. The number of alkyl halides is 3. The van der Waals surface area contributed by atoms with E-state index in [-0.39, 0.29) is 17.9 Å². The second-order valence-corrected chi connectivity index (χ2v) is 11.7. The molecule has 0 radical (unpaired) electrons. The van der Waals surface area contributed by atoms with Gasteiger partial charge in [0.05, 0.1) is 18.2 Å². The molecular formula is C28H27F4NO6S. The van der Waals surface area contributed by atoms with Gasteiger partial charge in [0.2, 0.25) is 0 Å². The lowest BCUT2D eigenvalue weighted by Crippen LogP contribution is -2.44. The Morgan fingerprint density at radius 3 is 2.27 bits per heavy atom. The number of hydrogen-bond donors (Lipinski definition) is 0. The number of para-hydroxylation sites is 1. The molecule has 0 aromatic heterocycles. The highest BCUT2D eigenvalue weighted by molar-refractivity contribution is 7.87. The maximum Gasteiger partial charge on any atom is 0.534 e. The Hall–Kier alpha value is -3.80. The molecule has 0 aliphatic carbocycles. The maximum absolute atomic E-state index is 14.5. The van der Waals surface area contributed by atoms with Gasteiger partial charge in [0.15, 0.2) is 5.76 Å². The number of benzene rings is 3. The molecule has 0 fully saturated rings. The van der Waals surface area contributed by atoms with Crippen molar-refractivity contribution in [2.45, 2.75) is 51.0 Å². The van der Waals surface area contributed by atoms with Crippen molar-refractivity contribution in [1.29, 1.82) is 0 Å². The molecule has 1 heterocycles. The Labute approximate surface area is 229 Å². The van der Waals surface area contributed by atoms with Crippen LogP contribution < -0.4 is 4.74 Å². The van der Waals surface area contributed by atoms with E-state index in [0.29, 0.717) is 16.3 Å². The van der Waals surface area contributed by atoms with E-state index in [1.165, 1.54) is 35.2 Å². The summed E-state index contributed by atoms with van der Waals surface area (Å²) < 4.78 is 93.5. The van der Waals surface area contributed by atoms with Crippen LogP contribution in [0.3, 0.4) is 0 Å². The Morgan fingerprint density at radius 2 is 1.62 bits per heavy atom. The maximum atomic E-state index is 14.5. The van der Waals surface area contributed by atoms with Crippen LogP contribution in [0.4, 0.5) is 22.4 Å². The van der Waals surface area contributed by atoms with Crippen LogP contribution in [0, 0.1) is 5.82 Å². The van der Waals surface area contributed by atoms with E-state index >= 15 is 0 Å². The van der Waals surface area contributed by atoms with Crippen molar-refractivity contribution in [3.05, 3.63) is 83.7 Å². The van der Waals surface area contributed by atoms with Crippen molar-refractivity contribution >= 4 is 32.7 Å². The first-order chi connectivity index (χ1) is 18.6. The number of hydrogen-bond acceptors (Lipinski definition) is 6. The minimum Gasteiger partial charge on any atom is -0.484 e. The summed E-state index contributed by atoms with van der Waals surface area (Å²) in [5, 5.41) is 0.890. The summed E-state index contributed by atoms with van der Waals surface area (Å²) in [7, 11) is -5.98. The third kappa shape index (κ3) is 6.16. The number of nitrogens with zero attached hydrogens (tertiary/aromatic N) is 1. The lowest BCUT2D eigenvalue weighted by atomic mass is 9.98. The average Bonchev–Trinajstić information content (AvgIpc) is 2.85. The van der Waals surface area contributed by atoms with Crippen molar-refractivity contribution in [3.8, 4) is 5.75 Å². The first-order valence-corrected chi connectivity index (χ1v) is 13.6. The number of carbonyl (C=O) groups excluding carboxylic acids is 1. The molecule has 0 saturated heterocycles. The average molecular weight is 582 g/mol. The Morgan fingerprint density at radius 1 is 1.00 bits per heavy atom. The molecule has 0 saturated carbocycles. The van der Waals surface area contributed by atoms with Gasteiger partial charge in [-0.05, 0) is 56.8 Å². The van der Waals surface area contributed by atoms with Crippen LogP contribution in [-0.4, -0.2) is 43.2 Å². The van der Waals surface area contributed by atoms with E-state index in [1.54, 1.807) is 58.0 Å². The number of amides is 1. The molecule has 214 valence electrons. The highest BCUT2D eigenvalue weighted by atomic mass is 32.2. The minimum atomic E-state index is -5.98. The molecule has 4 rings (SSSR count). The largest absolute Gasteiger partial charge is 0.534 e. The molecule has 1 aliphatic heterocycles. The van der Waals surface area contributed by atoms with Gasteiger partial charge in [0, 0.05) is 11.5 Å². The number of ether oxygens (including phenoxy) is 2. The standard InChI is InChI=1S/C28H27F4NO6S/c1-17(19-13-14-23(29)21-10-6-5-9-20(19)21)33(26(34)38-27(2,3)4)16-18-15-25(39-40(35,36)28(30,31)32)22-11-7-8-12-24(22)37-18/h5-15,17-18H,16H2,1-4H3/t17-,18?/m1/s1. The van der Waals surface area contributed by atoms with Crippen LogP contribution >= 0.6 is 0 Å². The fraction of sp³-hybridized carbons (Fsp3) is 0.321. The van der Waals surface area contributed by atoms with Gasteiger partial charge in [-0.2, -0.15) is 21.6 Å². The Kier molecular flexibility index (Phi) is 7.77. The second kappa shape index (κ2) is 10.6. The first kappa shape index (κ1) is 29.2. The molecule has 1 aliphatic rings. The van der Waals surface area contributed by atoms with E-state index in [0.717, 1.165) is 6.08 Å². The van der Waals surface area contributed by atoms with Gasteiger partial charge in [0.25, 0.3) is 0 Å². The zero-order valence-electron chi connectivity index (χ0n) is 22.0. The van der Waals surface area contributed by atoms with E-state index in [9.17, 15) is 30.8 Å². The van der Waals surface area contributed by atoms with E-state index < -0.39 is 51.0 Å². The fourth-order valence-corrected chi connectivity index (χ4v) is 4.76. The number of rotatable bonds is 6. The second-order valence-electron chi connectivity index (χ2n) is 10.2. The summed E-state index contributed by atoms with van der Waals surface area (Å²) in [5.41, 5.74) is -5.98. The monoisotopic (exact) mass is 581 g/mol. The molecule has 40 heavy (non-hydrogen) atoms. The normalized spacial score (nSPS) is 16.4. The molecule has 2 atom stereocenters. The zero-order chi connectivity index (χ0) is 29.5. The van der Waals surface area contributed by atoms with Crippen LogP contribution in [0.1, 0.15) is 44.9 Å². The van der Waals surface area contributed by atoms with Gasteiger partial charge in [-0.3, -0.25) is 4.90 Å². The molecule has 1 amide bonds. The van der Waals surface area contributed by atoms with Crippen LogP contribution in [0.2, 0.25) is 0 Å². The molecular weight excluding hydrogens is 554 g/mol. The van der Waals surface area contributed by atoms with Crippen LogP contribution in [0.25, 0.3) is 16.5 Å². The summed E-state index contributed by atoms with van der Waals surface area (Å²) in [6, 6.07) is 14.6. The van der Waals surface area contributed by atoms with Crippen molar-refractivity contribution in [1.82, 2.24) is 4.90 Å². The SMILES string of the molecule is C[C@H](c1ccc(F)c2ccccc12)N(CC1C=C(OS(=O)(=O)C(F)(F)F)c2ccccc2O1)C(=O)OC(C)(C)C. The van der Waals surface area contributed by atoms with Gasteiger partial charge in [-0.1, -0.05) is 42.5 Å². The molecule has 1 unspecified atom stereocenters. The van der Waals surface area contributed by atoms with Gasteiger partial charge in [-0.25, -0.2) is 9.18 Å². The summed E-state index contributed by atoms with van der Waals surface area (Å²) in [6.07, 6.45) is -0.831. The van der Waals surface area contributed by atoms with E-state index in [1.807, 2.05) is 0 Å². The van der Waals surface area contributed by atoms with Crippen LogP contribution in [-0.2, 0) is 19.0 Å². The van der Waals surface area contributed by atoms with Gasteiger partial charge < -0.3 is 13.7 Å². The fourth-order valence-electron chi connectivity index (χ4n) is 4.28. The molecule has 3 aromatic carbocycles. The van der Waals surface area contributed by atoms with Crippen LogP contribution in [0.5, 0.6) is 5.75 Å². The quantitative estimate of drug-likeness (QED) is 0.178. The summed E-state index contributed by atoms with van der Waals surface area (Å²) in [6.45, 7) is 6.43. The van der Waals surface area contributed by atoms with Gasteiger partial charge in [-0.15, -0.1) is 0 Å². The predicted molar refractivity (Wildman–Crippen MR) is 140 cm³/mol. The third-order valence-electron chi connectivity index (χ3n) is 6.08. The molecule has 0 N–H and O–H groups in total. The van der Waals surface area contributed by atoms with Gasteiger partial charge >= 0.3 is 21.7 Å². The minimum absolute atomic E-state index is 0.00651. The lowest BCUT2D eigenvalue weighted by molar-refractivity contribution is -0.0510. The zero-order valence-corrected chi connectivity index (χ0v) is 22.8. The van der Waals surface area contributed by atoms with E-state index in [4.69, 9.17) is 9.47 Å². The predicted octanol–water partition coefficient (Wildman–Crippen LogP) is 6.95. The molecule has 12 heteroatoms. The lowest BCUT2D eigenvalue weighted by Gasteiger charge is -2.35. The number of halogens is 4. The third-order valence-corrected chi connectivity index (χ3v) is 7.04. The van der Waals surface area contributed by atoms with E-state index in [2.05, 4.69) is 4.18 Å². The number of carbonyl (C=O) groups is 1. The summed E-state index contributed by atoms with van der Waals surface area (Å²) in [5.74, 6) is -0.974. The number of fused-ring (bicyclic) bond motifs is 2. The molecule has 7 nitrogen and oxygen atoms in total. The Bertz CT molecular complexity index is 1560. The topological polar surface area (TPSA) is 82.1 Å². The van der Waals surface area contributed by atoms with Crippen LogP contribution in [0.15, 0.2) is 66.7 Å². The highest BCUT2D eigenvalue weighted by Crippen LogP contribution is 2.38. The van der Waals surface area contributed by atoms with Gasteiger partial charge in [0.1, 0.15) is 23.3 Å². The molecule has 3 aromatic rings. The summed E-state index contributed by atoms with van der Waals surface area (Å²) in [4.78, 5) is 14.7. The van der Waals surface area contributed by atoms with Crippen molar-refractivity contribution in [2.75, 3.05) is 6.54 Å². The summed E-state index contributed by atoms with van der Waals surface area (Å²) >= 11 is 0. The first-order valence-electron chi connectivity index (χ1n) is 12.2. The smallest absolute Gasteiger partial charge is 0.484 e. The van der Waals surface area contributed by atoms with Crippen molar-refractivity contribution in [3.63, 3.8) is 0 Å². The highest BCUT2D eigenvalue weighted by Gasteiger charge is 2.49. The van der Waals surface area contributed by atoms with Crippen molar-refractivity contribution in [2.24, 2.45) is 0 Å². The van der Waals surface area contributed by atoms with Crippen molar-refractivity contribution < 1.29 is 44.4 Å². The molecule has 0 bridgehead atoms.